The average Bonchev–Trinajstić information content (AvgIpc) is 1.66. The van der Waals surface area contributed by atoms with Crippen molar-refractivity contribution < 1.29 is 0 Å². The second kappa shape index (κ2) is 4.63. The molecular formula is C8H14. The van der Waals surface area contributed by atoms with Crippen molar-refractivity contribution in [2.45, 2.75) is 26.7 Å². The van der Waals surface area contributed by atoms with E-state index >= 15 is 0 Å². The van der Waals surface area contributed by atoms with Crippen molar-refractivity contribution in [2.24, 2.45) is 0 Å². The minimum Gasteiger partial charge on any atom is -0.100 e. The van der Waals surface area contributed by atoms with Gasteiger partial charge in [0.05, 0.1) is 0 Å². The Morgan fingerprint density at radius 2 is 2.25 bits per heavy atom. The number of hydrogen-bond acceptors (Lipinski definition) is 0. The van der Waals surface area contributed by atoms with Crippen molar-refractivity contribution in [3.8, 4) is 0 Å². The van der Waals surface area contributed by atoms with Crippen LogP contribution in [0.5, 0.6) is 0 Å². The van der Waals surface area contributed by atoms with Crippen LogP contribution < -0.4 is 0 Å². The van der Waals surface area contributed by atoms with Crippen molar-refractivity contribution >= 4 is 0 Å². The number of rotatable bonds is 3. The topological polar surface area (TPSA) is 0 Å². The molecule has 0 heterocycles. The van der Waals surface area contributed by atoms with E-state index in [1.165, 1.54) is 5.57 Å². The Balaban J connectivity index is 3.05. The first-order valence-electron chi connectivity index (χ1n) is 3.03. The van der Waals surface area contributed by atoms with Gasteiger partial charge in [-0.3, -0.25) is 0 Å². The van der Waals surface area contributed by atoms with Gasteiger partial charge < -0.3 is 0 Å². The summed E-state index contributed by atoms with van der Waals surface area (Å²) in [5, 5.41) is 0. The summed E-state index contributed by atoms with van der Waals surface area (Å²) in [5.41, 5.74) is 1.27. The van der Waals surface area contributed by atoms with E-state index in [1.807, 2.05) is 6.92 Å². The highest BCUT2D eigenvalue weighted by Gasteiger charge is 1.79. The molecule has 0 spiro atoms. The Morgan fingerprint density at radius 1 is 1.62 bits per heavy atom. The van der Waals surface area contributed by atoms with E-state index in [-0.39, 0.29) is 0 Å². The van der Waals surface area contributed by atoms with Crippen LogP contribution in [0.15, 0.2) is 24.3 Å². The fourth-order valence-electron chi connectivity index (χ4n) is 0.496. The van der Waals surface area contributed by atoms with E-state index in [0.29, 0.717) is 0 Å². The van der Waals surface area contributed by atoms with Crippen molar-refractivity contribution in [2.75, 3.05) is 0 Å². The lowest BCUT2D eigenvalue weighted by molar-refractivity contribution is 0.982. The summed E-state index contributed by atoms with van der Waals surface area (Å²) in [6.45, 7) is 7.89. The lowest BCUT2D eigenvalue weighted by Crippen LogP contribution is -1.69. The van der Waals surface area contributed by atoms with Gasteiger partial charge in [-0.2, -0.15) is 0 Å². The van der Waals surface area contributed by atoms with Crippen LogP contribution in [0.2, 0.25) is 0 Å². The van der Waals surface area contributed by atoms with Crippen molar-refractivity contribution in [1.82, 2.24) is 0 Å². The van der Waals surface area contributed by atoms with Crippen LogP contribution in [-0.4, -0.2) is 0 Å². The molecule has 0 saturated heterocycles. The van der Waals surface area contributed by atoms with E-state index in [2.05, 4.69) is 25.7 Å². The molecule has 0 aromatic carbocycles. The van der Waals surface area contributed by atoms with Crippen molar-refractivity contribution in [3.63, 3.8) is 0 Å². The summed E-state index contributed by atoms with van der Waals surface area (Å²) < 4.78 is 0. The maximum absolute atomic E-state index is 3.79. The zero-order chi connectivity index (χ0) is 6.41. The van der Waals surface area contributed by atoms with Crippen molar-refractivity contribution in [3.05, 3.63) is 24.3 Å². The molecule has 0 aromatic heterocycles. The minimum absolute atomic E-state index is 1.13. The molecule has 46 valence electrons. The molecule has 0 amide bonds. The van der Waals surface area contributed by atoms with Crippen molar-refractivity contribution in [1.29, 1.82) is 0 Å². The quantitative estimate of drug-likeness (QED) is 0.490. The maximum atomic E-state index is 3.79. The van der Waals surface area contributed by atoms with Gasteiger partial charge in [-0.25, -0.2) is 0 Å². The monoisotopic (exact) mass is 110 g/mol. The third kappa shape index (κ3) is 5.48. The van der Waals surface area contributed by atoms with Crippen LogP contribution in [0, 0.1) is 0 Å². The molecule has 0 aliphatic rings. The molecule has 0 aliphatic heterocycles. The van der Waals surface area contributed by atoms with Gasteiger partial charge in [0.2, 0.25) is 0 Å². The van der Waals surface area contributed by atoms with Crippen LogP contribution in [0.4, 0.5) is 0 Å². The molecule has 0 radical (unpaired) electrons. The van der Waals surface area contributed by atoms with E-state index in [0.717, 1.165) is 12.8 Å². The zero-order valence-corrected chi connectivity index (χ0v) is 5.78. The molecule has 0 fully saturated rings. The van der Waals surface area contributed by atoms with E-state index < -0.39 is 0 Å². The van der Waals surface area contributed by atoms with Crippen LogP contribution in [0.25, 0.3) is 0 Å². The Morgan fingerprint density at radius 3 is 2.62 bits per heavy atom. The summed E-state index contributed by atoms with van der Waals surface area (Å²) in [5.74, 6) is 0. The Hall–Kier alpha value is -0.520. The first kappa shape index (κ1) is 7.48. The van der Waals surface area contributed by atoms with Gasteiger partial charge in [0, 0.05) is 0 Å². The summed E-state index contributed by atoms with van der Waals surface area (Å²) in [6.07, 6.45) is 6.51. The largest absolute Gasteiger partial charge is 0.100 e. The molecule has 0 bridgehead atoms. The Bertz CT molecular complexity index is 88.2. The predicted octanol–water partition coefficient (Wildman–Crippen LogP) is 2.92. The van der Waals surface area contributed by atoms with E-state index in [4.69, 9.17) is 0 Å². The molecule has 0 aromatic rings. The van der Waals surface area contributed by atoms with Gasteiger partial charge in [-0.05, 0) is 26.7 Å². The first-order chi connectivity index (χ1) is 3.77. The van der Waals surface area contributed by atoms with E-state index in [1.54, 1.807) is 0 Å². The fourth-order valence-corrected chi connectivity index (χ4v) is 0.496. The molecule has 0 aliphatic carbocycles. The third-order valence-corrected chi connectivity index (χ3v) is 0.973. The summed E-state index contributed by atoms with van der Waals surface area (Å²) in [7, 11) is 0. The molecule has 0 heteroatoms. The maximum Gasteiger partial charge on any atom is -0.0291 e. The lowest BCUT2D eigenvalue weighted by atomic mass is 10.2. The van der Waals surface area contributed by atoms with Gasteiger partial charge in [0.25, 0.3) is 0 Å². The molecule has 0 atom stereocenters. The highest BCUT2D eigenvalue weighted by molar-refractivity contribution is 4.91. The number of hydrogen-bond donors (Lipinski definition) is 0. The average molecular weight is 110 g/mol. The Kier molecular flexibility index (Phi) is 4.33. The zero-order valence-electron chi connectivity index (χ0n) is 5.78. The molecule has 0 unspecified atom stereocenters. The van der Waals surface area contributed by atoms with E-state index in [9.17, 15) is 0 Å². The van der Waals surface area contributed by atoms with Gasteiger partial charge >= 0.3 is 0 Å². The predicted molar refractivity (Wildman–Crippen MR) is 38.9 cm³/mol. The van der Waals surface area contributed by atoms with Gasteiger partial charge in [-0.1, -0.05) is 17.7 Å². The van der Waals surface area contributed by atoms with Crippen LogP contribution in [0.3, 0.4) is 0 Å². The number of allylic oxidation sites excluding steroid dienone is 3. The second-order valence-corrected chi connectivity index (χ2v) is 2.06. The molecule has 0 N–H and O–H groups in total. The van der Waals surface area contributed by atoms with Gasteiger partial charge in [-0.15, -0.1) is 6.58 Å². The van der Waals surface area contributed by atoms with Crippen LogP contribution >= 0.6 is 0 Å². The highest BCUT2D eigenvalue weighted by Crippen LogP contribution is 1.99. The minimum atomic E-state index is 1.13. The second-order valence-electron chi connectivity index (χ2n) is 2.06. The van der Waals surface area contributed by atoms with Gasteiger partial charge in [0.1, 0.15) is 0 Å². The highest BCUT2D eigenvalue weighted by atomic mass is 13.9. The lowest BCUT2D eigenvalue weighted by Gasteiger charge is -1.90. The molecule has 0 nitrogen and oxygen atoms in total. The third-order valence-electron chi connectivity index (χ3n) is 0.973. The SMILES string of the molecule is C=C(C)CCC=CC. The normalized spacial score (nSPS) is 10.2. The first-order valence-corrected chi connectivity index (χ1v) is 3.03. The molecular weight excluding hydrogens is 96.1 g/mol. The smallest absolute Gasteiger partial charge is 0.0291 e. The van der Waals surface area contributed by atoms with Crippen LogP contribution in [0.1, 0.15) is 26.7 Å². The summed E-state index contributed by atoms with van der Waals surface area (Å²) in [6, 6.07) is 0. The molecule has 0 rings (SSSR count). The molecule has 0 saturated carbocycles. The summed E-state index contributed by atoms with van der Waals surface area (Å²) >= 11 is 0. The summed E-state index contributed by atoms with van der Waals surface area (Å²) in [4.78, 5) is 0. The molecule has 8 heavy (non-hydrogen) atoms. The Labute approximate surface area is 51.9 Å². The fraction of sp³-hybridized carbons (Fsp3) is 0.500. The van der Waals surface area contributed by atoms with Crippen LogP contribution in [-0.2, 0) is 0 Å². The van der Waals surface area contributed by atoms with Gasteiger partial charge in [0.15, 0.2) is 0 Å². The standard InChI is InChI=1S/C8H14/c1-4-5-6-7-8(2)3/h4-5H,2,6-7H2,1,3H3.